The molecular weight excluding hydrogens is 268 g/mol. The van der Waals surface area contributed by atoms with E-state index in [2.05, 4.69) is 0 Å². The number of rotatable bonds is 6. The molecule has 1 aliphatic carbocycles. The van der Waals surface area contributed by atoms with Crippen LogP contribution in [0.25, 0.3) is 0 Å². The highest BCUT2D eigenvalue weighted by molar-refractivity contribution is 7.87. The van der Waals surface area contributed by atoms with Crippen molar-refractivity contribution in [1.29, 1.82) is 0 Å². The number of nitrogens with one attached hydrogen (secondary N) is 1. The van der Waals surface area contributed by atoms with Crippen LogP contribution >= 0.6 is 11.6 Å². The molecule has 1 N–H and O–H groups in total. The average Bonchev–Trinajstić information content (AvgIpc) is 2.94. The van der Waals surface area contributed by atoms with Crippen LogP contribution in [0, 0.1) is 0 Å². The Balaban J connectivity index is 2.62. The molecule has 0 radical (unpaired) electrons. The lowest BCUT2D eigenvalue weighted by Gasteiger charge is -2.21. The minimum Gasteiger partial charge on any atom is -0.446 e. The Labute approximate surface area is 106 Å². The molecule has 0 unspecified atom stereocenters. The van der Waals surface area contributed by atoms with E-state index < -0.39 is 16.3 Å². The summed E-state index contributed by atoms with van der Waals surface area (Å²) in [6, 6.07) is -0.0434. The number of carbonyl (C=O) groups excluding carboxylic acids is 1. The van der Waals surface area contributed by atoms with Gasteiger partial charge in [0.15, 0.2) is 0 Å². The second-order valence-electron chi connectivity index (χ2n) is 4.09. The van der Waals surface area contributed by atoms with E-state index in [1.54, 1.807) is 13.8 Å². The summed E-state index contributed by atoms with van der Waals surface area (Å²) < 4.78 is 31.5. The number of hydrogen-bond donors (Lipinski definition) is 1. The number of amides is 1. The summed E-state index contributed by atoms with van der Waals surface area (Å²) >= 11 is 5.54. The molecule has 0 aromatic rings. The maximum atomic E-state index is 11.8. The molecule has 17 heavy (non-hydrogen) atoms. The van der Waals surface area contributed by atoms with Crippen LogP contribution < -0.4 is 4.72 Å². The zero-order valence-electron chi connectivity index (χ0n) is 9.85. The van der Waals surface area contributed by atoms with Crippen LogP contribution in [0.5, 0.6) is 0 Å². The van der Waals surface area contributed by atoms with E-state index in [1.165, 1.54) is 4.31 Å². The molecule has 1 rings (SSSR count). The summed E-state index contributed by atoms with van der Waals surface area (Å²) in [4.78, 5) is 11.2. The smallest absolute Gasteiger partial charge is 0.422 e. The van der Waals surface area contributed by atoms with Crippen molar-refractivity contribution in [3.8, 4) is 0 Å². The topological polar surface area (TPSA) is 75.7 Å². The van der Waals surface area contributed by atoms with E-state index in [0.717, 1.165) is 12.8 Å². The largest absolute Gasteiger partial charge is 0.446 e. The Morgan fingerprint density at radius 1 is 1.53 bits per heavy atom. The third-order valence-corrected chi connectivity index (χ3v) is 3.81. The van der Waals surface area contributed by atoms with E-state index in [0.29, 0.717) is 0 Å². The van der Waals surface area contributed by atoms with Crippen molar-refractivity contribution >= 4 is 27.9 Å². The zero-order valence-corrected chi connectivity index (χ0v) is 11.4. The Morgan fingerprint density at radius 2 is 2.12 bits per heavy atom. The van der Waals surface area contributed by atoms with E-state index in [4.69, 9.17) is 16.3 Å². The van der Waals surface area contributed by atoms with Crippen molar-refractivity contribution in [3.05, 3.63) is 0 Å². The first kappa shape index (κ1) is 14.5. The molecule has 0 aliphatic heterocycles. The molecule has 1 aliphatic rings. The van der Waals surface area contributed by atoms with Gasteiger partial charge in [0, 0.05) is 18.5 Å². The normalized spacial score (nSPS) is 16.3. The SMILES string of the molecule is CC(C)OC(=O)NS(=O)(=O)N(CCCl)C1CC1. The van der Waals surface area contributed by atoms with Crippen molar-refractivity contribution in [3.63, 3.8) is 0 Å². The van der Waals surface area contributed by atoms with Crippen molar-refractivity contribution < 1.29 is 17.9 Å². The first-order chi connectivity index (χ1) is 7.86. The Bertz CT molecular complexity index is 367. The number of alkyl halides is 1. The molecule has 0 heterocycles. The van der Waals surface area contributed by atoms with Crippen molar-refractivity contribution in [2.45, 2.75) is 38.8 Å². The highest BCUT2D eigenvalue weighted by atomic mass is 35.5. The van der Waals surface area contributed by atoms with Gasteiger partial charge in [-0.25, -0.2) is 9.52 Å². The monoisotopic (exact) mass is 284 g/mol. The van der Waals surface area contributed by atoms with E-state index in [1.807, 2.05) is 4.72 Å². The molecule has 0 bridgehead atoms. The molecule has 0 atom stereocenters. The van der Waals surface area contributed by atoms with E-state index in [-0.39, 0.29) is 24.6 Å². The summed E-state index contributed by atoms with van der Waals surface area (Å²) in [6.07, 6.45) is 0.279. The minimum atomic E-state index is -3.84. The van der Waals surface area contributed by atoms with Crippen LogP contribution in [-0.4, -0.2) is 43.4 Å². The summed E-state index contributed by atoms with van der Waals surface area (Å²) in [7, 11) is -3.84. The standard InChI is InChI=1S/C9H17ClN2O4S/c1-7(2)16-9(13)11-17(14,15)12(6-5-10)8-3-4-8/h7-8H,3-6H2,1-2H3,(H,11,13). The average molecular weight is 285 g/mol. The van der Waals surface area contributed by atoms with Crippen LogP contribution in [0.3, 0.4) is 0 Å². The van der Waals surface area contributed by atoms with Gasteiger partial charge in [0.25, 0.3) is 0 Å². The zero-order chi connectivity index (χ0) is 13.1. The number of nitrogens with zero attached hydrogens (tertiary/aromatic N) is 1. The summed E-state index contributed by atoms with van der Waals surface area (Å²) in [5.41, 5.74) is 0. The maximum absolute atomic E-state index is 11.8. The van der Waals surface area contributed by atoms with Gasteiger partial charge in [-0.2, -0.15) is 12.7 Å². The van der Waals surface area contributed by atoms with E-state index >= 15 is 0 Å². The lowest BCUT2D eigenvalue weighted by molar-refractivity contribution is 0.121. The summed E-state index contributed by atoms with van der Waals surface area (Å²) in [6.45, 7) is 3.48. The van der Waals surface area contributed by atoms with Crippen LogP contribution in [0.2, 0.25) is 0 Å². The van der Waals surface area contributed by atoms with Gasteiger partial charge >= 0.3 is 16.3 Å². The third kappa shape index (κ3) is 4.69. The fraction of sp³-hybridized carbons (Fsp3) is 0.889. The van der Waals surface area contributed by atoms with Crippen molar-refractivity contribution in [1.82, 2.24) is 9.03 Å². The van der Waals surface area contributed by atoms with Crippen LogP contribution in [0.1, 0.15) is 26.7 Å². The Kier molecular flexibility index (Phi) is 5.03. The molecule has 6 nitrogen and oxygen atoms in total. The first-order valence-electron chi connectivity index (χ1n) is 5.43. The van der Waals surface area contributed by atoms with Gasteiger partial charge in [-0.3, -0.25) is 0 Å². The maximum Gasteiger partial charge on any atom is 0.422 e. The predicted octanol–water partition coefficient (Wildman–Crippen LogP) is 1.07. The van der Waals surface area contributed by atoms with Crippen LogP contribution in [0.4, 0.5) is 4.79 Å². The van der Waals surface area contributed by atoms with Gasteiger partial charge < -0.3 is 4.74 Å². The molecular formula is C9H17ClN2O4S. The van der Waals surface area contributed by atoms with Gasteiger partial charge in [-0.05, 0) is 26.7 Å². The lowest BCUT2D eigenvalue weighted by atomic mass is 10.5. The molecule has 1 fully saturated rings. The van der Waals surface area contributed by atoms with Crippen molar-refractivity contribution in [2.75, 3.05) is 12.4 Å². The molecule has 1 saturated carbocycles. The second-order valence-corrected chi connectivity index (χ2v) is 6.09. The first-order valence-corrected chi connectivity index (χ1v) is 7.40. The molecule has 0 saturated heterocycles. The van der Waals surface area contributed by atoms with Gasteiger partial charge in [-0.1, -0.05) is 0 Å². The number of carbonyl (C=O) groups is 1. The molecule has 0 aromatic carbocycles. The summed E-state index contributed by atoms with van der Waals surface area (Å²) in [5.74, 6) is 0.191. The quantitative estimate of drug-likeness (QED) is 0.740. The summed E-state index contributed by atoms with van der Waals surface area (Å²) in [5, 5.41) is 0. The molecule has 0 spiro atoms. The number of ether oxygens (including phenoxy) is 1. The highest BCUT2D eigenvalue weighted by Crippen LogP contribution is 2.28. The van der Waals surface area contributed by atoms with Crippen LogP contribution in [0.15, 0.2) is 0 Å². The lowest BCUT2D eigenvalue weighted by Crippen LogP contribution is -2.46. The van der Waals surface area contributed by atoms with Gasteiger partial charge in [0.05, 0.1) is 6.10 Å². The number of halogens is 1. The highest BCUT2D eigenvalue weighted by Gasteiger charge is 2.37. The minimum absolute atomic E-state index is 0.0434. The van der Waals surface area contributed by atoms with Gasteiger partial charge in [0.1, 0.15) is 0 Å². The second kappa shape index (κ2) is 5.88. The molecule has 0 aromatic heterocycles. The van der Waals surface area contributed by atoms with Crippen molar-refractivity contribution in [2.24, 2.45) is 0 Å². The number of hydrogen-bond acceptors (Lipinski definition) is 4. The van der Waals surface area contributed by atoms with Gasteiger partial charge in [-0.15, -0.1) is 11.6 Å². The fourth-order valence-electron chi connectivity index (χ4n) is 1.35. The molecule has 1 amide bonds. The molecule has 100 valence electrons. The Morgan fingerprint density at radius 3 is 2.53 bits per heavy atom. The Hall–Kier alpha value is -0.530. The van der Waals surface area contributed by atoms with E-state index in [9.17, 15) is 13.2 Å². The van der Waals surface area contributed by atoms with Gasteiger partial charge in [0.2, 0.25) is 0 Å². The third-order valence-electron chi connectivity index (χ3n) is 2.12. The van der Waals surface area contributed by atoms with Crippen LogP contribution in [-0.2, 0) is 14.9 Å². The molecule has 8 heteroatoms. The fourth-order valence-corrected chi connectivity index (χ4v) is 2.94. The predicted molar refractivity (Wildman–Crippen MR) is 64.1 cm³/mol.